The van der Waals surface area contributed by atoms with E-state index in [4.69, 9.17) is 4.99 Å². The van der Waals surface area contributed by atoms with Crippen LogP contribution < -0.4 is 0 Å². The lowest BCUT2D eigenvalue weighted by molar-refractivity contribution is 0.872. The molecule has 0 unspecified atom stereocenters. The van der Waals surface area contributed by atoms with Gasteiger partial charge in [-0.25, -0.2) is 0 Å². The third-order valence-corrected chi connectivity index (χ3v) is 3.74. The average Bonchev–Trinajstić information content (AvgIpc) is 2.62. The Balaban J connectivity index is 2.03. The minimum atomic E-state index is 0.0302. The van der Waals surface area contributed by atoms with E-state index in [1.807, 2.05) is 30.3 Å². The van der Waals surface area contributed by atoms with Crippen LogP contribution in [0.4, 0.5) is 0 Å². The second kappa shape index (κ2) is 6.86. The van der Waals surface area contributed by atoms with Crippen molar-refractivity contribution in [3.63, 3.8) is 0 Å². The van der Waals surface area contributed by atoms with Crippen LogP contribution in [0, 0.1) is 0 Å². The first-order chi connectivity index (χ1) is 10.8. The van der Waals surface area contributed by atoms with Gasteiger partial charge in [-0.3, -0.25) is 4.99 Å². The monoisotopic (exact) mass is 285 g/mol. The molecule has 0 radical (unpaired) electrons. The van der Waals surface area contributed by atoms with Crippen LogP contribution in [-0.4, -0.2) is 5.71 Å². The van der Waals surface area contributed by atoms with Crippen LogP contribution in [0.5, 0.6) is 0 Å². The van der Waals surface area contributed by atoms with E-state index >= 15 is 0 Å². The fourth-order valence-corrected chi connectivity index (χ4v) is 2.56. The molecule has 3 rings (SSSR count). The van der Waals surface area contributed by atoms with Gasteiger partial charge in [0.15, 0.2) is 0 Å². The van der Waals surface area contributed by atoms with Crippen molar-refractivity contribution in [2.24, 2.45) is 4.99 Å². The van der Waals surface area contributed by atoms with Crippen LogP contribution >= 0.6 is 0 Å². The van der Waals surface area contributed by atoms with Gasteiger partial charge in [-0.05, 0) is 23.6 Å². The number of nitrogens with zero attached hydrogens (tertiary/aromatic N) is 1. The summed E-state index contributed by atoms with van der Waals surface area (Å²) in [6.45, 7) is 2.08. The minimum absolute atomic E-state index is 0.0302. The predicted molar refractivity (Wildman–Crippen MR) is 93.4 cm³/mol. The van der Waals surface area contributed by atoms with E-state index in [-0.39, 0.29) is 6.04 Å². The zero-order valence-corrected chi connectivity index (χ0v) is 12.7. The lowest BCUT2D eigenvalue weighted by Crippen LogP contribution is -2.03. The van der Waals surface area contributed by atoms with E-state index in [2.05, 4.69) is 67.6 Å². The van der Waals surface area contributed by atoms with Crippen molar-refractivity contribution in [1.82, 2.24) is 0 Å². The first-order valence-electron chi connectivity index (χ1n) is 7.54. The third-order valence-electron chi connectivity index (χ3n) is 3.74. The highest BCUT2D eigenvalue weighted by atomic mass is 14.8. The minimum Gasteiger partial charge on any atom is -0.277 e. The number of benzene rings is 3. The van der Waals surface area contributed by atoms with Crippen molar-refractivity contribution in [2.45, 2.75) is 13.0 Å². The Kier molecular flexibility index (Phi) is 4.45. The molecule has 0 bridgehead atoms. The van der Waals surface area contributed by atoms with Crippen LogP contribution in [-0.2, 0) is 0 Å². The van der Waals surface area contributed by atoms with Gasteiger partial charge in [0, 0.05) is 5.71 Å². The van der Waals surface area contributed by atoms with Gasteiger partial charge in [0.05, 0.1) is 0 Å². The van der Waals surface area contributed by atoms with Gasteiger partial charge in [-0.2, -0.15) is 0 Å². The molecular formula is C21H19N. The number of rotatable bonds is 4. The van der Waals surface area contributed by atoms with Crippen molar-refractivity contribution in [3.8, 4) is 0 Å². The lowest BCUT2D eigenvalue weighted by Gasteiger charge is -2.15. The molecule has 0 aromatic heterocycles. The first kappa shape index (κ1) is 14.3. The molecule has 3 aromatic carbocycles. The van der Waals surface area contributed by atoms with Gasteiger partial charge in [-0.15, -0.1) is 0 Å². The van der Waals surface area contributed by atoms with Crippen LogP contribution in [0.25, 0.3) is 0 Å². The Morgan fingerprint density at radius 1 is 0.636 bits per heavy atom. The Labute approximate surface area is 132 Å². The summed E-state index contributed by atoms with van der Waals surface area (Å²) in [5, 5.41) is 0. The van der Waals surface area contributed by atoms with E-state index in [9.17, 15) is 0 Å². The maximum absolute atomic E-state index is 5.00. The summed E-state index contributed by atoms with van der Waals surface area (Å²) in [5.74, 6) is 0. The van der Waals surface area contributed by atoms with E-state index in [0.717, 1.165) is 5.71 Å². The van der Waals surface area contributed by atoms with Crippen molar-refractivity contribution < 1.29 is 0 Å². The van der Waals surface area contributed by atoms with Gasteiger partial charge >= 0.3 is 0 Å². The molecule has 108 valence electrons. The van der Waals surface area contributed by atoms with E-state index in [0.29, 0.717) is 0 Å². The Morgan fingerprint density at radius 2 is 1.05 bits per heavy atom. The van der Waals surface area contributed by atoms with E-state index in [1.165, 1.54) is 16.7 Å². The normalized spacial score (nSPS) is 11.6. The molecule has 22 heavy (non-hydrogen) atoms. The molecule has 1 nitrogen and oxygen atoms in total. The third kappa shape index (κ3) is 3.32. The molecule has 0 heterocycles. The highest BCUT2D eigenvalue weighted by Gasteiger charge is 2.12. The second-order valence-electron chi connectivity index (χ2n) is 5.30. The molecule has 0 saturated carbocycles. The molecule has 0 aliphatic heterocycles. The Hall–Kier alpha value is -2.67. The van der Waals surface area contributed by atoms with Crippen LogP contribution in [0.2, 0.25) is 0 Å². The second-order valence-corrected chi connectivity index (χ2v) is 5.30. The standard InChI is InChI=1S/C21H19N/c1-17(18-11-5-2-6-12-18)22-21(19-13-7-3-8-14-19)20-15-9-4-10-16-20/h2-16,21H,1H3/b22-17+. The summed E-state index contributed by atoms with van der Waals surface area (Å²) >= 11 is 0. The van der Waals surface area contributed by atoms with Crippen LogP contribution in [0.1, 0.15) is 29.7 Å². The summed E-state index contributed by atoms with van der Waals surface area (Å²) in [6.07, 6.45) is 0. The number of hydrogen-bond acceptors (Lipinski definition) is 1. The molecule has 0 aliphatic rings. The quantitative estimate of drug-likeness (QED) is 0.578. The molecule has 0 aliphatic carbocycles. The molecule has 0 amide bonds. The van der Waals surface area contributed by atoms with Crippen molar-refractivity contribution in [1.29, 1.82) is 0 Å². The van der Waals surface area contributed by atoms with Crippen molar-refractivity contribution in [2.75, 3.05) is 0 Å². The van der Waals surface area contributed by atoms with Crippen molar-refractivity contribution >= 4 is 5.71 Å². The maximum Gasteiger partial charge on any atom is 0.100 e. The van der Waals surface area contributed by atoms with Gasteiger partial charge in [0.2, 0.25) is 0 Å². The van der Waals surface area contributed by atoms with Gasteiger partial charge in [-0.1, -0.05) is 91.0 Å². The Bertz CT molecular complexity index is 691. The molecular weight excluding hydrogens is 266 g/mol. The summed E-state index contributed by atoms with van der Waals surface area (Å²) in [5.41, 5.74) is 4.64. The summed E-state index contributed by atoms with van der Waals surface area (Å²) in [7, 11) is 0. The molecule has 0 fully saturated rings. The highest BCUT2D eigenvalue weighted by molar-refractivity contribution is 5.98. The van der Waals surface area contributed by atoms with Crippen molar-refractivity contribution in [3.05, 3.63) is 108 Å². The smallest absolute Gasteiger partial charge is 0.100 e. The fourth-order valence-electron chi connectivity index (χ4n) is 2.56. The molecule has 0 atom stereocenters. The Morgan fingerprint density at radius 3 is 1.50 bits per heavy atom. The first-order valence-corrected chi connectivity index (χ1v) is 7.54. The molecule has 0 spiro atoms. The summed E-state index contributed by atoms with van der Waals surface area (Å²) in [6, 6.07) is 31.3. The van der Waals surface area contributed by atoms with Gasteiger partial charge in [0.25, 0.3) is 0 Å². The largest absolute Gasteiger partial charge is 0.277 e. The van der Waals surface area contributed by atoms with Gasteiger partial charge < -0.3 is 0 Å². The van der Waals surface area contributed by atoms with E-state index < -0.39 is 0 Å². The zero-order valence-electron chi connectivity index (χ0n) is 12.7. The molecule has 0 N–H and O–H groups in total. The fraction of sp³-hybridized carbons (Fsp3) is 0.0952. The molecule has 3 aromatic rings. The SMILES string of the molecule is C/C(=N\C(c1ccccc1)c1ccccc1)c1ccccc1. The molecule has 1 heteroatoms. The van der Waals surface area contributed by atoms with Crippen LogP contribution in [0.15, 0.2) is 96.0 Å². The van der Waals surface area contributed by atoms with Crippen LogP contribution in [0.3, 0.4) is 0 Å². The highest BCUT2D eigenvalue weighted by Crippen LogP contribution is 2.26. The molecule has 0 saturated heterocycles. The topological polar surface area (TPSA) is 12.4 Å². The summed E-state index contributed by atoms with van der Waals surface area (Å²) in [4.78, 5) is 5.00. The maximum atomic E-state index is 5.00. The number of aliphatic imine (C=N–C) groups is 1. The predicted octanol–water partition coefficient (Wildman–Crippen LogP) is 5.29. The van der Waals surface area contributed by atoms with Gasteiger partial charge in [0.1, 0.15) is 6.04 Å². The number of hydrogen-bond donors (Lipinski definition) is 0. The summed E-state index contributed by atoms with van der Waals surface area (Å²) < 4.78 is 0. The van der Waals surface area contributed by atoms with E-state index in [1.54, 1.807) is 0 Å². The average molecular weight is 285 g/mol. The lowest BCUT2D eigenvalue weighted by atomic mass is 9.99. The zero-order chi connectivity index (χ0) is 15.2.